The van der Waals surface area contributed by atoms with Crippen molar-refractivity contribution in [2.24, 2.45) is 0 Å². The molecule has 1 aliphatic rings. The van der Waals surface area contributed by atoms with Gasteiger partial charge in [0.25, 0.3) is 0 Å². The quantitative estimate of drug-likeness (QED) is 0.0269. The van der Waals surface area contributed by atoms with Crippen LogP contribution in [0.5, 0.6) is 0 Å². The minimum atomic E-state index is -1.55. The number of ether oxygens (including phenoxy) is 4. The van der Waals surface area contributed by atoms with E-state index in [4.69, 9.17) is 18.9 Å². The van der Waals surface area contributed by atoms with Gasteiger partial charge in [0.1, 0.15) is 30.5 Å². The molecule has 60 heavy (non-hydrogen) atoms. The number of carbonyl (C=O) groups is 1. The van der Waals surface area contributed by atoms with E-state index in [1.165, 1.54) is 116 Å². The maximum Gasteiger partial charge on any atom is 0.306 e. The molecule has 0 aromatic rings. The minimum Gasteiger partial charge on any atom is -0.457 e. The van der Waals surface area contributed by atoms with Gasteiger partial charge in [0.05, 0.1) is 19.8 Å². The Kier molecular flexibility index (Phi) is 39.3. The summed E-state index contributed by atoms with van der Waals surface area (Å²) in [6.45, 7) is 4.30. The summed E-state index contributed by atoms with van der Waals surface area (Å²) in [5.41, 5.74) is 0. The molecule has 1 fully saturated rings. The van der Waals surface area contributed by atoms with Crippen LogP contribution in [0.1, 0.15) is 194 Å². The molecule has 0 aromatic carbocycles. The zero-order chi connectivity index (χ0) is 43.6. The van der Waals surface area contributed by atoms with Gasteiger partial charge in [-0.05, 0) is 70.6 Å². The van der Waals surface area contributed by atoms with E-state index in [0.717, 1.165) is 57.8 Å². The molecule has 0 spiro atoms. The Balaban J connectivity index is 2.23. The van der Waals surface area contributed by atoms with Gasteiger partial charge in [-0.3, -0.25) is 4.79 Å². The molecule has 0 amide bonds. The second-order valence-corrected chi connectivity index (χ2v) is 16.5. The van der Waals surface area contributed by atoms with E-state index in [9.17, 15) is 25.2 Å². The first-order chi connectivity index (χ1) is 29.4. The van der Waals surface area contributed by atoms with Crippen LogP contribution < -0.4 is 0 Å². The maximum absolute atomic E-state index is 12.8. The van der Waals surface area contributed by atoms with Crippen molar-refractivity contribution in [1.29, 1.82) is 0 Å². The van der Waals surface area contributed by atoms with Crippen molar-refractivity contribution >= 4 is 5.97 Å². The topological polar surface area (TPSA) is 135 Å². The molecule has 0 radical (unpaired) electrons. The number of hydrogen-bond donors (Lipinski definition) is 4. The fraction of sp³-hybridized carbons (Fsp3) is 0.784. The van der Waals surface area contributed by atoms with E-state index in [1.807, 2.05) is 0 Å². The van der Waals surface area contributed by atoms with Crippen LogP contribution in [0.4, 0.5) is 0 Å². The average Bonchev–Trinajstić information content (AvgIpc) is 3.25. The lowest BCUT2D eigenvalue weighted by atomic mass is 9.99. The highest BCUT2D eigenvalue weighted by molar-refractivity contribution is 5.69. The normalized spacial score (nSPS) is 20.5. The van der Waals surface area contributed by atoms with E-state index in [-0.39, 0.29) is 19.2 Å². The predicted octanol–water partition coefficient (Wildman–Crippen LogP) is 11.5. The highest BCUT2D eigenvalue weighted by Gasteiger charge is 2.44. The molecule has 6 atom stereocenters. The molecule has 0 aliphatic carbocycles. The van der Waals surface area contributed by atoms with E-state index in [0.29, 0.717) is 13.0 Å². The zero-order valence-electron chi connectivity index (χ0n) is 38.2. The second-order valence-electron chi connectivity index (χ2n) is 16.5. The first kappa shape index (κ1) is 55.9. The molecule has 1 rings (SSSR count). The third kappa shape index (κ3) is 32.6. The highest BCUT2D eigenvalue weighted by Crippen LogP contribution is 2.22. The maximum atomic E-state index is 12.8. The summed E-state index contributed by atoms with van der Waals surface area (Å²) >= 11 is 0. The summed E-state index contributed by atoms with van der Waals surface area (Å²) in [6.07, 6.45) is 47.0. The summed E-state index contributed by atoms with van der Waals surface area (Å²) < 4.78 is 22.8. The van der Waals surface area contributed by atoms with Crippen molar-refractivity contribution in [3.05, 3.63) is 60.8 Å². The second kappa shape index (κ2) is 42.2. The molecule has 0 saturated carbocycles. The van der Waals surface area contributed by atoms with Crippen LogP contribution in [0, 0.1) is 0 Å². The Morgan fingerprint density at radius 2 is 1.02 bits per heavy atom. The van der Waals surface area contributed by atoms with Gasteiger partial charge < -0.3 is 39.4 Å². The smallest absolute Gasteiger partial charge is 0.306 e. The van der Waals surface area contributed by atoms with Gasteiger partial charge in [-0.1, -0.05) is 177 Å². The van der Waals surface area contributed by atoms with Crippen LogP contribution in [-0.4, -0.2) is 89.6 Å². The van der Waals surface area contributed by atoms with Crippen molar-refractivity contribution in [2.45, 2.75) is 230 Å². The van der Waals surface area contributed by atoms with Gasteiger partial charge in [0, 0.05) is 13.0 Å². The van der Waals surface area contributed by atoms with Crippen molar-refractivity contribution in [2.75, 3.05) is 26.4 Å². The van der Waals surface area contributed by atoms with Crippen molar-refractivity contribution in [3.63, 3.8) is 0 Å². The Bertz CT molecular complexity index is 1100. The van der Waals surface area contributed by atoms with Crippen LogP contribution >= 0.6 is 0 Å². The molecule has 6 unspecified atom stereocenters. The number of unbranched alkanes of at least 4 members (excludes halogenated alkanes) is 20. The van der Waals surface area contributed by atoms with Gasteiger partial charge >= 0.3 is 5.97 Å². The standard InChI is InChI=1S/C51H90O9/c1-3-5-7-9-11-13-15-17-19-20-21-22-23-24-25-26-27-28-30-32-34-36-38-40-47(53)59-45(44-58-51-50(56)49(55)48(54)46(42-52)60-51)43-57-41-39-37-35-33-31-29-18-16-14-12-10-8-6-4-2/h6,8,12,14,18,20-21,29,33,35,45-46,48-52,54-56H,3-5,7,9-11,13,15-17,19,22-28,30-32,34,36-44H2,1-2H3/b8-6-,14-12-,21-20-,29-18-,35-33-. The number of allylic oxidation sites excluding steroid dienone is 10. The SMILES string of the molecule is CC/C=C\C/C=C\C/C=C\C/C=C\CCCOCC(COC1OC(CO)C(O)C(O)C1O)OC(=O)CCCCCCCCCCCCC/C=C\CCCCCCCCCC. The molecule has 348 valence electrons. The fourth-order valence-electron chi connectivity index (χ4n) is 7.14. The fourth-order valence-corrected chi connectivity index (χ4v) is 7.14. The van der Waals surface area contributed by atoms with Crippen LogP contribution in [0.3, 0.4) is 0 Å². The molecule has 1 heterocycles. The molecule has 1 saturated heterocycles. The van der Waals surface area contributed by atoms with Crippen LogP contribution in [0.2, 0.25) is 0 Å². The van der Waals surface area contributed by atoms with Crippen LogP contribution in [0.25, 0.3) is 0 Å². The third-order valence-electron chi connectivity index (χ3n) is 10.9. The van der Waals surface area contributed by atoms with Crippen molar-refractivity contribution < 1.29 is 44.2 Å². The number of carbonyl (C=O) groups excluding carboxylic acids is 1. The number of aliphatic hydroxyl groups excluding tert-OH is 4. The molecule has 4 N–H and O–H groups in total. The predicted molar refractivity (Wildman–Crippen MR) is 247 cm³/mol. The Morgan fingerprint density at radius 3 is 1.55 bits per heavy atom. The van der Waals surface area contributed by atoms with Crippen LogP contribution in [-0.2, 0) is 23.7 Å². The van der Waals surface area contributed by atoms with Gasteiger partial charge in [0.15, 0.2) is 6.29 Å². The van der Waals surface area contributed by atoms with Crippen molar-refractivity contribution in [3.8, 4) is 0 Å². The van der Waals surface area contributed by atoms with Crippen molar-refractivity contribution in [1.82, 2.24) is 0 Å². The molecule has 9 nitrogen and oxygen atoms in total. The Hall–Kier alpha value is -2.11. The van der Waals surface area contributed by atoms with Crippen LogP contribution in [0.15, 0.2) is 60.8 Å². The van der Waals surface area contributed by atoms with E-state index < -0.39 is 43.4 Å². The lowest BCUT2D eigenvalue weighted by molar-refractivity contribution is -0.305. The first-order valence-corrected chi connectivity index (χ1v) is 24.4. The largest absolute Gasteiger partial charge is 0.457 e. The molecule has 1 aliphatic heterocycles. The lowest BCUT2D eigenvalue weighted by Gasteiger charge is -2.39. The van der Waals surface area contributed by atoms with E-state index >= 15 is 0 Å². The molecule has 0 aromatic heterocycles. The molecule has 0 bridgehead atoms. The lowest BCUT2D eigenvalue weighted by Crippen LogP contribution is -2.59. The van der Waals surface area contributed by atoms with E-state index in [1.54, 1.807) is 0 Å². The summed E-state index contributed by atoms with van der Waals surface area (Å²) in [5.74, 6) is -0.334. The molecule has 9 heteroatoms. The summed E-state index contributed by atoms with van der Waals surface area (Å²) in [7, 11) is 0. The Labute approximate surface area is 366 Å². The monoisotopic (exact) mass is 847 g/mol. The minimum absolute atomic E-state index is 0.105. The summed E-state index contributed by atoms with van der Waals surface area (Å²) in [5, 5.41) is 40.1. The summed E-state index contributed by atoms with van der Waals surface area (Å²) in [4.78, 5) is 12.8. The van der Waals surface area contributed by atoms with Gasteiger partial charge in [-0.25, -0.2) is 0 Å². The number of esters is 1. The number of hydrogen-bond acceptors (Lipinski definition) is 9. The average molecular weight is 847 g/mol. The zero-order valence-corrected chi connectivity index (χ0v) is 38.2. The third-order valence-corrected chi connectivity index (χ3v) is 10.9. The van der Waals surface area contributed by atoms with Gasteiger partial charge in [0.2, 0.25) is 0 Å². The van der Waals surface area contributed by atoms with Gasteiger partial charge in [-0.2, -0.15) is 0 Å². The number of aliphatic hydroxyl groups is 4. The first-order valence-electron chi connectivity index (χ1n) is 24.4. The molecular formula is C51H90O9. The molecular weight excluding hydrogens is 757 g/mol. The number of rotatable bonds is 41. The Morgan fingerprint density at radius 1 is 0.550 bits per heavy atom. The summed E-state index contributed by atoms with van der Waals surface area (Å²) in [6, 6.07) is 0. The van der Waals surface area contributed by atoms with E-state index in [2.05, 4.69) is 74.6 Å². The van der Waals surface area contributed by atoms with Gasteiger partial charge in [-0.15, -0.1) is 0 Å². The highest BCUT2D eigenvalue weighted by atomic mass is 16.7.